The van der Waals surface area contributed by atoms with Gasteiger partial charge in [-0.05, 0) is 66.7 Å². The molecule has 4 rings (SSSR count). The van der Waals surface area contributed by atoms with E-state index in [2.05, 4.69) is 15.4 Å². The number of hydrogen-bond acceptors (Lipinski definition) is 8. The number of hydrogen-bond donors (Lipinski definition) is 1. The fourth-order valence-electron chi connectivity index (χ4n) is 3.74. The highest BCUT2D eigenvalue weighted by Crippen LogP contribution is 2.32. The number of carbonyl (C=O) groups is 2. The molecule has 3 aromatic heterocycles. The number of fused-ring (bicyclic) bond motifs is 1. The van der Waals surface area contributed by atoms with Gasteiger partial charge in [0.1, 0.15) is 22.8 Å². The van der Waals surface area contributed by atoms with Crippen LogP contribution in [0, 0.1) is 0 Å². The monoisotopic (exact) mass is 519 g/mol. The van der Waals surface area contributed by atoms with Crippen molar-refractivity contribution in [1.29, 1.82) is 0 Å². The van der Waals surface area contributed by atoms with Crippen molar-refractivity contribution < 1.29 is 23.8 Å². The van der Waals surface area contributed by atoms with E-state index >= 15 is 0 Å². The predicted molar refractivity (Wildman–Crippen MR) is 145 cm³/mol. The molecule has 0 saturated carbocycles. The molecular formula is C28H33N5O5. The van der Waals surface area contributed by atoms with Crippen LogP contribution in [-0.4, -0.2) is 49.3 Å². The van der Waals surface area contributed by atoms with Crippen LogP contribution in [0.1, 0.15) is 48.5 Å². The van der Waals surface area contributed by atoms with Crippen molar-refractivity contribution in [1.82, 2.24) is 19.3 Å². The summed E-state index contributed by atoms with van der Waals surface area (Å²) in [6.07, 6.45) is 3.51. The van der Waals surface area contributed by atoms with Gasteiger partial charge in [-0.3, -0.25) is 0 Å². The normalized spacial score (nSPS) is 11.9. The minimum Gasteiger partial charge on any atom is -0.492 e. The molecule has 0 saturated heterocycles. The minimum absolute atomic E-state index is 0.498. The number of aromatic nitrogens is 4. The van der Waals surface area contributed by atoms with Gasteiger partial charge in [-0.25, -0.2) is 19.1 Å². The average Bonchev–Trinajstić information content (AvgIpc) is 3.43. The molecule has 1 N–H and O–H groups in total. The van der Waals surface area contributed by atoms with Crippen molar-refractivity contribution >= 4 is 34.6 Å². The van der Waals surface area contributed by atoms with E-state index < -0.39 is 23.4 Å². The molecule has 0 aliphatic heterocycles. The summed E-state index contributed by atoms with van der Waals surface area (Å²) in [7, 11) is 0. The zero-order chi connectivity index (χ0) is 27.7. The zero-order valence-corrected chi connectivity index (χ0v) is 22.7. The van der Waals surface area contributed by atoms with E-state index in [4.69, 9.17) is 14.2 Å². The molecule has 0 aliphatic rings. The Hall–Kier alpha value is -4.34. The summed E-state index contributed by atoms with van der Waals surface area (Å²) in [5.41, 5.74) is 0.952. The lowest BCUT2D eigenvalue weighted by atomic mass is 10.2. The summed E-state index contributed by atoms with van der Waals surface area (Å²) in [4.78, 5) is 30.5. The van der Waals surface area contributed by atoms with Crippen LogP contribution in [0.5, 0.6) is 5.75 Å². The number of nitrogens with one attached hydrogen (secondary N) is 1. The highest BCUT2D eigenvalue weighted by atomic mass is 16.6. The van der Waals surface area contributed by atoms with E-state index in [-0.39, 0.29) is 0 Å². The van der Waals surface area contributed by atoms with Gasteiger partial charge in [0.25, 0.3) is 0 Å². The molecule has 38 heavy (non-hydrogen) atoms. The second-order valence-electron chi connectivity index (χ2n) is 10.7. The maximum Gasteiger partial charge on any atom is 0.435 e. The van der Waals surface area contributed by atoms with Crippen LogP contribution in [0.3, 0.4) is 0 Å². The van der Waals surface area contributed by atoms with Gasteiger partial charge in [-0.15, -0.1) is 0 Å². The molecule has 0 fully saturated rings. The molecule has 10 heteroatoms. The second-order valence-corrected chi connectivity index (χ2v) is 10.7. The number of carbonyl (C=O) groups excluding carboxylic acids is 2. The number of para-hydroxylation sites is 2. The first kappa shape index (κ1) is 26.7. The van der Waals surface area contributed by atoms with Gasteiger partial charge in [0.2, 0.25) is 0 Å². The van der Waals surface area contributed by atoms with Crippen LogP contribution in [0.2, 0.25) is 0 Å². The Morgan fingerprint density at radius 3 is 2.32 bits per heavy atom. The molecule has 0 amide bonds. The minimum atomic E-state index is -0.726. The number of benzene rings is 1. The number of rotatable bonds is 5. The lowest BCUT2D eigenvalue weighted by molar-refractivity contribution is 0.0512. The summed E-state index contributed by atoms with van der Waals surface area (Å²) >= 11 is 0. The maximum atomic E-state index is 13.4. The molecule has 0 atom stereocenters. The number of anilines is 2. The Labute approximate surface area is 221 Å². The van der Waals surface area contributed by atoms with Crippen LogP contribution in [-0.2, 0) is 9.47 Å². The number of nitrogens with zero attached hydrogens (tertiary/aromatic N) is 4. The molecule has 4 aromatic rings. The second kappa shape index (κ2) is 10.2. The molecule has 0 unspecified atom stereocenters. The van der Waals surface area contributed by atoms with Crippen LogP contribution < -0.4 is 10.1 Å². The van der Waals surface area contributed by atoms with Gasteiger partial charge < -0.3 is 19.5 Å². The van der Waals surface area contributed by atoms with Crippen molar-refractivity contribution in [2.45, 2.75) is 59.7 Å². The first-order chi connectivity index (χ1) is 17.8. The Morgan fingerprint density at radius 1 is 0.947 bits per heavy atom. The largest absolute Gasteiger partial charge is 0.492 e. The van der Waals surface area contributed by atoms with Gasteiger partial charge >= 0.3 is 12.2 Å². The summed E-state index contributed by atoms with van der Waals surface area (Å²) in [6.45, 7) is 13.2. The van der Waals surface area contributed by atoms with Crippen molar-refractivity contribution in [3.63, 3.8) is 0 Å². The summed E-state index contributed by atoms with van der Waals surface area (Å²) < 4.78 is 19.4. The Balaban J connectivity index is 1.78. The quantitative estimate of drug-likeness (QED) is 0.314. The molecule has 0 spiro atoms. The predicted octanol–water partition coefficient (Wildman–Crippen LogP) is 6.61. The number of pyridine rings is 1. The third-order valence-corrected chi connectivity index (χ3v) is 5.17. The fraction of sp³-hybridized carbons (Fsp3) is 0.357. The average molecular weight is 520 g/mol. The third kappa shape index (κ3) is 6.13. The Kier molecular flexibility index (Phi) is 7.17. The summed E-state index contributed by atoms with van der Waals surface area (Å²) in [5, 5.41) is 8.14. The smallest absolute Gasteiger partial charge is 0.435 e. The van der Waals surface area contributed by atoms with Crippen LogP contribution in [0.25, 0.3) is 22.2 Å². The van der Waals surface area contributed by atoms with Gasteiger partial charge in [-0.1, -0.05) is 12.1 Å². The molecule has 200 valence electrons. The lowest BCUT2D eigenvalue weighted by Crippen LogP contribution is -2.27. The molecule has 1 aromatic carbocycles. The van der Waals surface area contributed by atoms with Crippen LogP contribution in [0.4, 0.5) is 21.1 Å². The highest BCUT2D eigenvalue weighted by molar-refractivity contribution is 5.97. The molecule has 0 aliphatic carbocycles. The van der Waals surface area contributed by atoms with E-state index in [1.807, 2.05) is 31.2 Å². The highest BCUT2D eigenvalue weighted by Gasteiger charge is 2.25. The van der Waals surface area contributed by atoms with Crippen molar-refractivity contribution in [3.05, 3.63) is 55.0 Å². The van der Waals surface area contributed by atoms with Crippen molar-refractivity contribution in [2.24, 2.45) is 0 Å². The number of ether oxygens (including phenoxy) is 3. The molecule has 10 nitrogen and oxygen atoms in total. The standard InChI is InChI=1S/C28H33N5O5/c1-8-36-23-12-10-9-11-20(23)31-24-14-22-18(15-29-24)13-21(33(22)26(35)38-28(5,6)7)19-16-30-32(17-19)25(34)37-27(2,3)4/h9-17H,8H2,1-7H3,(H,29,31). The van der Waals surface area contributed by atoms with Crippen LogP contribution >= 0.6 is 0 Å². The van der Waals surface area contributed by atoms with Crippen molar-refractivity contribution in [2.75, 3.05) is 11.9 Å². The van der Waals surface area contributed by atoms with E-state index in [1.54, 1.807) is 59.9 Å². The zero-order valence-electron chi connectivity index (χ0n) is 22.7. The van der Waals surface area contributed by atoms with Crippen LogP contribution in [0.15, 0.2) is 55.0 Å². The maximum absolute atomic E-state index is 13.4. The Morgan fingerprint density at radius 2 is 1.63 bits per heavy atom. The van der Waals surface area contributed by atoms with E-state index in [0.717, 1.165) is 10.4 Å². The Bertz CT molecular complexity index is 1470. The SMILES string of the molecule is CCOc1ccccc1Nc1cc2c(cn1)cc(-c1cnn(C(=O)OC(C)(C)C)c1)n2C(=O)OC(C)(C)C. The topological polar surface area (TPSA) is 109 Å². The van der Waals surface area contributed by atoms with Gasteiger partial charge in [0.15, 0.2) is 0 Å². The lowest BCUT2D eigenvalue weighted by Gasteiger charge is -2.21. The molecular weight excluding hydrogens is 486 g/mol. The third-order valence-electron chi connectivity index (χ3n) is 5.17. The fourth-order valence-corrected chi connectivity index (χ4v) is 3.74. The molecule has 0 radical (unpaired) electrons. The van der Waals surface area contributed by atoms with Gasteiger partial charge in [0, 0.05) is 29.4 Å². The van der Waals surface area contributed by atoms with Crippen molar-refractivity contribution in [3.8, 4) is 17.0 Å². The summed E-state index contributed by atoms with van der Waals surface area (Å²) in [6, 6.07) is 11.1. The molecule has 0 bridgehead atoms. The van der Waals surface area contributed by atoms with E-state index in [0.29, 0.717) is 40.3 Å². The first-order valence-electron chi connectivity index (χ1n) is 12.4. The van der Waals surface area contributed by atoms with Gasteiger partial charge in [-0.2, -0.15) is 9.78 Å². The van der Waals surface area contributed by atoms with E-state index in [9.17, 15) is 9.59 Å². The summed E-state index contributed by atoms with van der Waals surface area (Å²) in [5.74, 6) is 1.21. The molecule has 3 heterocycles. The van der Waals surface area contributed by atoms with Gasteiger partial charge in [0.05, 0.1) is 29.7 Å². The first-order valence-corrected chi connectivity index (χ1v) is 12.4. The van der Waals surface area contributed by atoms with E-state index in [1.165, 1.54) is 17.0 Å².